The van der Waals surface area contributed by atoms with Crippen LogP contribution in [0.15, 0.2) is 24.3 Å². The zero-order valence-corrected chi connectivity index (χ0v) is 11.1. The molecule has 0 aliphatic rings. The Bertz CT molecular complexity index is 591. The first-order chi connectivity index (χ1) is 9.93. The molecule has 0 bridgehead atoms. The Balaban J connectivity index is 2.70. The standard InChI is InChI=1S/C14H14N2O5/c15-8-9-3-1-4-10(7-9)13(19)16-11(14(20)21)5-2-6-12(17)18/h1,3-4,7,11H,2,5-6H2,(H,16,19)(H,17,18)(H,20,21)/t11-/m1/s1. The molecule has 0 spiro atoms. The first kappa shape index (κ1) is 16.2. The minimum atomic E-state index is -1.23. The summed E-state index contributed by atoms with van der Waals surface area (Å²) >= 11 is 0. The van der Waals surface area contributed by atoms with Crippen LogP contribution < -0.4 is 5.32 Å². The molecule has 0 saturated carbocycles. The molecular formula is C14H14N2O5. The Hall–Kier alpha value is -2.88. The van der Waals surface area contributed by atoms with E-state index in [-0.39, 0.29) is 24.8 Å². The van der Waals surface area contributed by atoms with Gasteiger partial charge in [0.15, 0.2) is 0 Å². The molecule has 3 N–H and O–H groups in total. The fraction of sp³-hybridized carbons (Fsp3) is 0.286. The topological polar surface area (TPSA) is 127 Å². The average Bonchev–Trinajstić information content (AvgIpc) is 2.45. The van der Waals surface area contributed by atoms with Crippen LogP contribution in [0.2, 0.25) is 0 Å². The van der Waals surface area contributed by atoms with Crippen LogP contribution in [-0.4, -0.2) is 34.1 Å². The highest BCUT2D eigenvalue weighted by Crippen LogP contribution is 2.07. The molecule has 110 valence electrons. The number of carboxylic acid groups (broad SMARTS) is 2. The van der Waals surface area contributed by atoms with E-state index >= 15 is 0 Å². The summed E-state index contributed by atoms with van der Waals surface area (Å²) in [6.07, 6.45) is -0.000300. The number of nitriles is 1. The SMILES string of the molecule is N#Cc1cccc(C(=O)N[C@H](CCCC(=O)O)C(=O)O)c1. The minimum Gasteiger partial charge on any atom is -0.481 e. The molecular weight excluding hydrogens is 276 g/mol. The number of hydrogen-bond donors (Lipinski definition) is 3. The Morgan fingerprint density at radius 3 is 2.57 bits per heavy atom. The van der Waals surface area contributed by atoms with Crippen LogP contribution in [0.3, 0.4) is 0 Å². The number of rotatable bonds is 7. The van der Waals surface area contributed by atoms with E-state index in [0.717, 1.165) is 0 Å². The van der Waals surface area contributed by atoms with Crippen LogP contribution in [0.1, 0.15) is 35.2 Å². The van der Waals surface area contributed by atoms with Crippen LogP contribution >= 0.6 is 0 Å². The lowest BCUT2D eigenvalue weighted by molar-refractivity contribution is -0.140. The highest BCUT2D eigenvalue weighted by molar-refractivity contribution is 5.96. The molecule has 0 heterocycles. The fourth-order valence-electron chi connectivity index (χ4n) is 1.69. The Morgan fingerprint density at radius 1 is 1.29 bits per heavy atom. The smallest absolute Gasteiger partial charge is 0.326 e. The highest BCUT2D eigenvalue weighted by atomic mass is 16.4. The third-order valence-electron chi connectivity index (χ3n) is 2.74. The molecule has 1 aromatic carbocycles. The summed E-state index contributed by atoms with van der Waals surface area (Å²) in [5.74, 6) is -2.87. The number of aliphatic carboxylic acids is 2. The van der Waals surface area contributed by atoms with Gasteiger partial charge in [0.1, 0.15) is 6.04 Å². The van der Waals surface area contributed by atoms with Crippen LogP contribution in [0.4, 0.5) is 0 Å². The molecule has 0 aromatic heterocycles. The second-order valence-electron chi connectivity index (χ2n) is 4.34. The van der Waals surface area contributed by atoms with Crippen LogP contribution in [0.25, 0.3) is 0 Å². The maximum atomic E-state index is 11.9. The number of nitrogens with one attached hydrogen (secondary N) is 1. The van der Waals surface area contributed by atoms with Gasteiger partial charge in [0.25, 0.3) is 5.91 Å². The van der Waals surface area contributed by atoms with Gasteiger partial charge in [-0.15, -0.1) is 0 Å². The Labute approximate surface area is 120 Å². The van der Waals surface area contributed by atoms with Crippen LogP contribution in [0.5, 0.6) is 0 Å². The van der Waals surface area contributed by atoms with Gasteiger partial charge in [-0.25, -0.2) is 4.79 Å². The molecule has 1 atom stereocenters. The third kappa shape index (κ3) is 5.32. The van der Waals surface area contributed by atoms with E-state index in [0.29, 0.717) is 5.56 Å². The second kappa shape index (κ2) is 7.65. The summed E-state index contributed by atoms with van der Waals surface area (Å²) in [5.41, 5.74) is 0.471. The molecule has 0 fully saturated rings. The van der Waals surface area contributed by atoms with E-state index in [4.69, 9.17) is 15.5 Å². The molecule has 1 amide bonds. The summed E-state index contributed by atoms with van der Waals surface area (Å²) in [6.45, 7) is 0. The number of carbonyl (C=O) groups is 3. The molecule has 7 nitrogen and oxygen atoms in total. The lowest BCUT2D eigenvalue weighted by Crippen LogP contribution is -2.40. The van der Waals surface area contributed by atoms with E-state index in [2.05, 4.69) is 5.32 Å². The van der Waals surface area contributed by atoms with E-state index in [1.165, 1.54) is 24.3 Å². The largest absolute Gasteiger partial charge is 0.481 e. The minimum absolute atomic E-state index is 0.0192. The van der Waals surface area contributed by atoms with Gasteiger partial charge >= 0.3 is 11.9 Å². The van der Waals surface area contributed by atoms with Crippen molar-refractivity contribution in [2.24, 2.45) is 0 Å². The monoisotopic (exact) mass is 290 g/mol. The van der Waals surface area contributed by atoms with Gasteiger partial charge in [-0.2, -0.15) is 5.26 Å². The second-order valence-corrected chi connectivity index (χ2v) is 4.34. The van der Waals surface area contributed by atoms with Crippen molar-refractivity contribution in [1.29, 1.82) is 5.26 Å². The molecule has 7 heteroatoms. The Morgan fingerprint density at radius 2 is 2.00 bits per heavy atom. The molecule has 0 aliphatic carbocycles. The molecule has 0 saturated heterocycles. The van der Waals surface area contributed by atoms with Crippen molar-refractivity contribution in [3.63, 3.8) is 0 Å². The van der Waals surface area contributed by atoms with Gasteiger partial charge in [0, 0.05) is 12.0 Å². The maximum Gasteiger partial charge on any atom is 0.326 e. The van der Waals surface area contributed by atoms with Crippen molar-refractivity contribution in [2.75, 3.05) is 0 Å². The molecule has 0 aliphatic heterocycles. The lowest BCUT2D eigenvalue weighted by atomic mass is 10.1. The van der Waals surface area contributed by atoms with Gasteiger partial charge in [0.05, 0.1) is 11.6 Å². The van der Waals surface area contributed by atoms with Crippen molar-refractivity contribution < 1.29 is 24.6 Å². The highest BCUT2D eigenvalue weighted by Gasteiger charge is 2.20. The van der Waals surface area contributed by atoms with Gasteiger partial charge in [0.2, 0.25) is 0 Å². The number of hydrogen-bond acceptors (Lipinski definition) is 4. The predicted molar refractivity (Wildman–Crippen MR) is 71.5 cm³/mol. The van der Waals surface area contributed by atoms with E-state index in [1.807, 2.05) is 6.07 Å². The quantitative estimate of drug-likeness (QED) is 0.687. The van der Waals surface area contributed by atoms with Crippen molar-refractivity contribution in [2.45, 2.75) is 25.3 Å². The third-order valence-corrected chi connectivity index (χ3v) is 2.74. The van der Waals surface area contributed by atoms with Crippen LogP contribution in [0, 0.1) is 11.3 Å². The maximum absolute atomic E-state index is 11.9. The number of carbonyl (C=O) groups excluding carboxylic acids is 1. The summed E-state index contributed by atoms with van der Waals surface area (Å²) in [6, 6.07) is 6.58. The lowest BCUT2D eigenvalue weighted by Gasteiger charge is -2.14. The molecule has 1 aromatic rings. The van der Waals surface area contributed by atoms with Crippen LogP contribution in [-0.2, 0) is 9.59 Å². The number of nitrogens with zero attached hydrogens (tertiary/aromatic N) is 1. The number of carboxylic acids is 2. The van der Waals surface area contributed by atoms with E-state index < -0.39 is 23.9 Å². The average molecular weight is 290 g/mol. The summed E-state index contributed by atoms with van der Waals surface area (Å²) < 4.78 is 0. The zero-order valence-electron chi connectivity index (χ0n) is 11.1. The molecule has 0 unspecified atom stereocenters. The molecule has 1 rings (SSSR count). The predicted octanol–water partition coefficient (Wildman–Crippen LogP) is 0.996. The summed E-state index contributed by atoms with van der Waals surface area (Å²) in [5, 5.41) is 28.6. The Kier molecular flexibility index (Phi) is 5.89. The zero-order chi connectivity index (χ0) is 15.8. The first-order valence-electron chi connectivity index (χ1n) is 6.19. The summed E-state index contributed by atoms with van der Waals surface area (Å²) in [7, 11) is 0. The van der Waals surface area contributed by atoms with Gasteiger partial charge < -0.3 is 15.5 Å². The molecule has 0 radical (unpaired) electrons. The first-order valence-corrected chi connectivity index (χ1v) is 6.19. The number of benzene rings is 1. The van der Waals surface area contributed by atoms with E-state index in [1.54, 1.807) is 0 Å². The fourth-order valence-corrected chi connectivity index (χ4v) is 1.69. The number of amides is 1. The van der Waals surface area contributed by atoms with Crippen molar-refractivity contribution >= 4 is 17.8 Å². The van der Waals surface area contributed by atoms with Crippen molar-refractivity contribution in [1.82, 2.24) is 5.32 Å². The van der Waals surface area contributed by atoms with Gasteiger partial charge in [-0.3, -0.25) is 9.59 Å². The van der Waals surface area contributed by atoms with Gasteiger partial charge in [-0.05, 0) is 31.0 Å². The van der Waals surface area contributed by atoms with Crippen molar-refractivity contribution in [3.8, 4) is 6.07 Å². The molecule has 21 heavy (non-hydrogen) atoms. The normalized spacial score (nSPS) is 11.2. The van der Waals surface area contributed by atoms with Gasteiger partial charge in [-0.1, -0.05) is 6.07 Å². The van der Waals surface area contributed by atoms with Crippen molar-refractivity contribution in [3.05, 3.63) is 35.4 Å². The van der Waals surface area contributed by atoms with E-state index in [9.17, 15) is 14.4 Å². The summed E-state index contributed by atoms with van der Waals surface area (Å²) in [4.78, 5) is 33.4.